The molecule has 0 spiro atoms. The number of pyridine rings is 1. The maximum atomic E-state index is 11.6. The quantitative estimate of drug-likeness (QED) is 0.632. The normalized spacial score (nSPS) is 22.0. The standard InChI is InChI=1S/C24H25N3O2/c1-15-25-13-21(16-6-9-19(28)10-7-16)24(26-15)29-14-18-12-20(18)23-11-8-17-4-2-3-5-22(17)27-23/h2-5,8,11,13,16,18,20H,6-7,9-10,12,14H2,1H3. The third-order valence-corrected chi connectivity index (χ3v) is 6.24. The molecule has 2 saturated carbocycles. The molecule has 1 aromatic carbocycles. The van der Waals surface area contributed by atoms with Crippen LogP contribution in [0.3, 0.4) is 0 Å². The number of aromatic nitrogens is 3. The molecule has 2 atom stereocenters. The van der Waals surface area contributed by atoms with Crippen LogP contribution in [-0.4, -0.2) is 27.3 Å². The van der Waals surface area contributed by atoms with Crippen LogP contribution < -0.4 is 4.74 Å². The van der Waals surface area contributed by atoms with Crippen molar-refractivity contribution in [3.8, 4) is 5.88 Å². The summed E-state index contributed by atoms with van der Waals surface area (Å²) < 4.78 is 6.20. The number of ketones is 1. The van der Waals surface area contributed by atoms with Crippen LogP contribution in [0.1, 0.15) is 61.0 Å². The Morgan fingerprint density at radius 1 is 1.07 bits per heavy atom. The molecule has 0 aliphatic heterocycles. The van der Waals surface area contributed by atoms with E-state index in [-0.39, 0.29) is 0 Å². The number of hydrogen-bond acceptors (Lipinski definition) is 5. The summed E-state index contributed by atoms with van der Waals surface area (Å²) in [6, 6.07) is 12.5. The van der Waals surface area contributed by atoms with E-state index in [1.165, 1.54) is 5.39 Å². The monoisotopic (exact) mass is 387 g/mol. The molecule has 2 aliphatic rings. The smallest absolute Gasteiger partial charge is 0.220 e. The molecule has 5 heteroatoms. The summed E-state index contributed by atoms with van der Waals surface area (Å²) in [5.41, 5.74) is 3.27. The Kier molecular flexibility index (Phi) is 4.74. The van der Waals surface area contributed by atoms with Crippen molar-refractivity contribution in [2.45, 2.75) is 50.9 Å². The molecule has 2 unspecified atom stereocenters. The second-order valence-electron chi connectivity index (χ2n) is 8.33. The van der Waals surface area contributed by atoms with Crippen LogP contribution in [0.5, 0.6) is 5.88 Å². The van der Waals surface area contributed by atoms with E-state index in [0.717, 1.165) is 41.9 Å². The Bertz CT molecular complexity index is 1050. The third kappa shape index (κ3) is 3.86. The Hall–Kier alpha value is -2.82. The van der Waals surface area contributed by atoms with Crippen molar-refractivity contribution in [1.82, 2.24) is 15.0 Å². The van der Waals surface area contributed by atoms with E-state index in [1.807, 2.05) is 25.3 Å². The number of nitrogens with zero attached hydrogens (tertiary/aromatic N) is 3. The maximum Gasteiger partial charge on any atom is 0.220 e. The average molecular weight is 387 g/mol. The van der Waals surface area contributed by atoms with Gasteiger partial charge in [-0.1, -0.05) is 24.3 Å². The van der Waals surface area contributed by atoms with Gasteiger partial charge in [0.05, 0.1) is 12.1 Å². The number of para-hydroxylation sites is 1. The lowest BCUT2D eigenvalue weighted by Gasteiger charge is -2.22. The van der Waals surface area contributed by atoms with Gasteiger partial charge in [0.25, 0.3) is 0 Å². The SMILES string of the molecule is Cc1ncc(C2CCC(=O)CC2)c(OCC2CC2c2ccc3ccccc3n2)n1. The highest BCUT2D eigenvalue weighted by Gasteiger charge is 2.40. The average Bonchev–Trinajstić information content (AvgIpc) is 3.52. The molecule has 2 aliphatic carbocycles. The summed E-state index contributed by atoms with van der Waals surface area (Å²) >= 11 is 0. The highest BCUT2D eigenvalue weighted by atomic mass is 16.5. The molecule has 5 rings (SSSR count). The number of ether oxygens (including phenoxy) is 1. The molecule has 29 heavy (non-hydrogen) atoms. The van der Waals surface area contributed by atoms with Crippen molar-refractivity contribution in [1.29, 1.82) is 0 Å². The first-order valence-electron chi connectivity index (χ1n) is 10.5. The van der Waals surface area contributed by atoms with Gasteiger partial charge in [-0.05, 0) is 44.2 Å². The molecule has 2 fully saturated rings. The third-order valence-electron chi connectivity index (χ3n) is 6.24. The van der Waals surface area contributed by atoms with Gasteiger partial charge < -0.3 is 4.74 Å². The van der Waals surface area contributed by atoms with Crippen LogP contribution in [0.4, 0.5) is 0 Å². The number of benzene rings is 1. The summed E-state index contributed by atoms with van der Waals surface area (Å²) in [5, 5.41) is 1.18. The molecule has 0 amide bonds. The van der Waals surface area contributed by atoms with Gasteiger partial charge in [-0.15, -0.1) is 0 Å². The second-order valence-corrected chi connectivity index (χ2v) is 8.33. The van der Waals surface area contributed by atoms with E-state index >= 15 is 0 Å². The first-order chi connectivity index (χ1) is 14.2. The number of aryl methyl sites for hydroxylation is 1. The van der Waals surface area contributed by atoms with Crippen molar-refractivity contribution >= 4 is 16.7 Å². The van der Waals surface area contributed by atoms with Crippen LogP contribution in [0.15, 0.2) is 42.6 Å². The zero-order chi connectivity index (χ0) is 19.8. The minimum absolute atomic E-state index is 0.320. The van der Waals surface area contributed by atoms with Crippen LogP contribution >= 0.6 is 0 Å². The van der Waals surface area contributed by atoms with Gasteiger partial charge in [-0.3, -0.25) is 9.78 Å². The molecule has 5 nitrogen and oxygen atoms in total. The highest BCUT2D eigenvalue weighted by molar-refractivity contribution is 5.79. The predicted octanol–water partition coefficient (Wildman–Crippen LogP) is 4.74. The number of Topliss-reactive ketones (excluding diaryl/α,β-unsaturated/α-hetero) is 1. The fraction of sp³-hybridized carbons (Fsp3) is 0.417. The molecular weight excluding hydrogens is 362 g/mol. The summed E-state index contributed by atoms with van der Waals surface area (Å²) in [6.45, 7) is 2.54. The van der Waals surface area contributed by atoms with E-state index in [4.69, 9.17) is 9.72 Å². The molecule has 2 aromatic heterocycles. The van der Waals surface area contributed by atoms with Crippen molar-refractivity contribution in [3.05, 3.63) is 59.7 Å². The molecular formula is C24H25N3O2. The van der Waals surface area contributed by atoms with E-state index < -0.39 is 0 Å². The number of carbonyl (C=O) groups excluding carboxylic acids is 1. The van der Waals surface area contributed by atoms with Crippen molar-refractivity contribution in [2.75, 3.05) is 6.61 Å². The van der Waals surface area contributed by atoms with Crippen molar-refractivity contribution < 1.29 is 9.53 Å². The van der Waals surface area contributed by atoms with E-state index in [1.54, 1.807) is 0 Å². The zero-order valence-electron chi connectivity index (χ0n) is 16.7. The van der Waals surface area contributed by atoms with Gasteiger partial charge in [0.1, 0.15) is 11.6 Å². The minimum atomic E-state index is 0.320. The van der Waals surface area contributed by atoms with Gasteiger partial charge in [0, 0.05) is 47.5 Å². The van der Waals surface area contributed by atoms with Crippen LogP contribution in [0.25, 0.3) is 10.9 Å². The summed E-state index contributed by atoms with van der Waals surface area (Å²) in [4.78, 5) is 25.4. The Morgan fingerprint density at radius 2 is 1.90 bits per heavy atom. The fourth-order valence-electron chi connectivity index (χ4n) is 4.37. The van der Waals surface area contributed by atoms with Crippen LogP contribution in [0, 0.1) is 12.8 Å². The molecule has 0 radical (unpaired) electrons. The zero-order valence-corrected chi connectivity index (χ0v) is 16.7. The van der Waals surface area contributed by atoms with Gasteiger partial charge >= 0.3 is 0 Å². The molecule has 0 bridgehead atoms. The molecule has 0 saturated heterocycles. The summed E-state index contributed by atoms with van der Waals surface area (Å²) in [5.74, 6) is 3.03. The largest absolute Gasteiger partial charge is 0.477 e. The number of fused-ring (bicyclic) bond motifs is 1. The second kappa shape index (κ2) is 7.54. The number of hydrogen-bond donors (Lipinski definition) is 0. The topological polar surface area (TPSA) is 65.0 Å². The van der Waals surface area contributed by atoms with E-state index in [0.29, 0.717) is 48.9 Å². The van der Waals surface area contributed by atoms with Crippen LogP contribution in [0.2, 0.25) is 0 Å². The minimum Gasteiger partial charge on any atom is -0.477 e. The highest BCUT2D eigenvalue weighted by Crippen LogP contribution is 2.47. The van der Waals surface area contributed by atoms with Crippen molar-refractivity contribution in [3.63, 3.8) is 0 Å². The van der Waals surface area contributed by atoms with E-state index in [9.17, 15) is 4.79 Å². The number of rotatable bonds is 5. The summed E-state index contributed by atoms with van der Waals surface area (Å²) in [7, 11) is 0. The predicted molar refractivity (Wildman–Crippen MR) is 111 cm³/mol. The Morgan fingerprint density at radius 3 is 2.76 bits per heavy atom. The molecule has 3 aromatic rings. The van der Waals surface area contributed by atoms with Crippen LogP contribution in [-0.2, 0) is 4.79 Å². The lowest BCUT2D eigenvalue weighted by molar-refractivity contribution is -0.120. The molecule has 148 valence electrons. The van der Waals surface area contributed by atoms with Gasteiger partial charge in [-0.25, -0.2) is 4.98 Å². The maximum absolute atomic E-state index is 11.6. The van der Waals surface area contributed by atoms with E-state index in [2.05, 4.69) is 34.2 Å². The van der Waals surface area contributed by atoms with Gasteiger partial charge in [0.2, 0.25) is 5.88 Å². The number of carbonyl (C=O) groups is 1. The lowest BCUT2D eigenvalue weighted by atomic mass is 9.84. The Labute approximate surface area is 170 Å². The first-order valence-corrected chi connectivity index (χ1v) is 10.5. The van der Waals surface area contributed by atoms with Gasteiger partial charge in [-0.2, -0.15) is 4.98 Å². The molecule has 0 N–H and O–H groups in total. The Balaban J connectivity index is 1.27. The fourth-order valence-corrected chi connectivity index (χ4v) is 4.37. The first kappa shape index (κ1) is 18.2. The van der Waals surface area contributed by atoms with Crippen molar-refractivity contribution in [2.24, 2.45) is 5.92 Å². The molecule has 2 heterocycles. The summed E-state index contributed by atoms with van der Waals surface area (Å²) in [6.07, 6.45) is 6.03. The lowest BCUT2D eigenvalue weighted by Crippen LogP contribution is -2.15. The van der Waals surface area contributed by atoms with Gasteiger partial charge in [0.15, 0.2) is 0 Å².